The highest BCUT2D eigenvalue weighted by Crippen LogP contribution is 2.42. The topological polar surface area (TPSA) is 168 Å². The van der Waals surface area contributed by atoms with E-state index in [0.717, 1.165) is 59.2 Å². The van der Waals surface area contributed by atoms with Gasteiger partial charge in [-0.2, -0.15) is 10.2 Å². The first-order chi connectivity index (χ1) is 25.3. The van der Waals surface area contributed by atoms with E-state index < -0.39 is 5.97 Å². The van der Waals surface area contributed by atoms with E-state index >= 15 is 0 Å². The highest BCUT2D eigenvalue weighted by molar-refractivity contribution is 5.83. The third-order valence-corrected chi connectivity index (χ3v) is 9.81. The average Bonchev–Trinajstić information content (AvgIpc) is 3.88. The van der Waals surface area contributed by atoms with Crippen LogP contribution in [0, 0.1) is 18.3 Å². The number of aromatic nitrogens is 3. The van der Waals surface area contributed by atoms with Crippen molar-refractivity contribution in [3.05, 3.63) is 88.0 Å². The Morgan fingerprint density at radius 1 is 1.10 bits per heavy atom. The number of carboxylic acids is 1. The van der Waals surface area contributed by atoms with E-state index in [4.69, 9.17) is 33.8 Å². The number of aryl methyl sites for hydroxylation is 1. The van der Waals surface area contributed by atoms with E-state index in [1.54, 1.807) is 17.9 Å². The van der Waals surface area contributed by atoms with Gasteiger partial charge in [0.25, 0.3) is 0 Å². The summed E-state index contributed by atoms with van der Waals surface area (Å²) in [6.45, 7) is 4.47. The lowest BCUT2D eigenvalue weighted by Gasteiger charge is -2.19. The molecule has 0 spiro atoms. The minimum atomic E-state index is -0.905. The van der Waals surface area contributed by atoms with Crippen molar-refractivity contribution in [2.75, 3.05) is 27.3 Å². The number of carboxylic acid groups (broad SMARTS) is 1. The highest BCUT2D eigenvalue weighted by atomic mass is 16.6. The molecule has 2 atom stereocenters. The van der Waals surface area contributed by atoms with Gasteiger partial charge in [0.15, 0.2) is 11.1 Å². The Hall–Kier alpha value is -5.71. The molecular weight excluding hydrogens is 664 g/mol. The number of hydrogen-bond donors (Lipinski definition) is 2. The number of oxazole rings is 1. The summed E-state index contributed by atoms with van der Waals surface area (Å²) in [5.74, 6) is 0.451. The number of aliphatic hydroxyl groups is 1. The molecule has 2 aliphatic rings. The second-order valence-corrected chi connectivity index (χ2v) is 13.1. The van der Waals surface area contributed by atoms with Gasteiger partial charge in [-0.3, -0.25) is 9.69 Å². The fraction of sp³-hybridized carbons (Fsp3) is 0.359. The summed E-state index contributed by atoms with van der Waals surface area (Å²) < 4.78 is 20.1. The van der Waals surface area contributed by atoms with Gasteiger partial charge in [-0.15, -0.1) is 0 Å². The van der Waals surface area contributed by atoms with Gasteiger partial charge in [0.1, 0.15) is 24.8 Å². The molecule has 3 aromatic heterocycles. The molecule has 13 heteroatoms. The molecule has 2 aromatic carbocycles. The lowest BCUT2D eigenvalue weighted by Crippen LogP contribution is -2.23. The van der Waals surface area contributed by atoms with E-state index in [0.29, 0.717) is 54.7 Å². The average molecular weight is 705 g/mol. The lowest BCUT2D eigenvalue weighted by atomic mass is 9.91. The van der Waals surface area contributed by atoms with Gasteiger partial charge in [-0.1, -0.05) is 35.5 Å². The maximum Gasteiger partial charge on any atom is 0.303 e. The summed E-state index contributed by atoms with van der Waals surface area (Å²) in [5.41, 5.74) is 8.34. The third kappa shape index (κ3) is 6.82. The van der Waals surface area contributed by atoms with Crippen molar-refractivity contribution in [3.8, 4) is 40.4 Å². The van der Waals surface area contributed by atoms with Crippen LogP contribution in [0.25, 0.3) is 33.7 Å². The number of aliphatic hydroxyl groups excluding tert-OH is 1. The van der Waals surface area contributed by atoms with Gasteiger partial charge in [-0.25, -0.2) is 4.98 Å². The molecule has 4 heterocycles. The Bertz CT molecular complexity index is 2250. The smallest absolute Gasteiger partial charge is 0.303 e. The summed E-state index contributed by atoms with van der Waals surface area (Å²) in [7, 11) is 3.03. The zero-order chi connectivity index (χ0) is 36.4. The number of fused-ring (bicyclic) bond motifs is 2. The number of nitriles is 1. The lowest BCUT2D eigenvalue weighted by molar-refractivity contribution is -0.137. The first-order valence-corrected chi connectivity index (χ1v) is 17.3. The molecule has 0 bridgehead atoms. The predicted octanol–water partition coefficient (Wildman–Crippen LogP) is 5.51. The van der Waals surface area contributed by atoms with Crippen LogP contribution < -0.4 is 15.0 Å². The monoisotopic (exact) mass is 704 g/mol. The van der Waals surface area contributed by atoms with Crippen molar-refractivity contribution < 1.29 is 33.7 Å². The quantitative estimate of drug-likeness (QED) is 0.157. The van der Waals surface area contributed by atoms with Gasteiger partial charge in [-0.05, 0) is 72.6 Å². The zero-order valence-electron chi connectivity index (χ0n) is 29.3. The molecule has 0 amide bonds. The first kappa shape index (κ1) is 34.7. The number of ether oxygens (including phenoxy) is 2. The number of pyridine rings is 2. The van der Waals surface area contributed by atoms with Crippen LogP contribution in [0.5, 0.6) is 11.8 Å². The molecule has 0 unspecified atom stereocenters. The molecule has 1 aliphatic heterocycles. The minimum Gasteiger partial charge on any atom is -0.481 e. The first-order valence-electron chi connectivity index (χ1n) is 17.3. The second-order valence-electron chi connectivity index (χ2n) is 13.1. The van der Waals surface area contributed by atoms with E-state index in [1.165, 1.54) is 12.7 Å². The molecule has 0 saturated carbocycles. The zero-order valence-corrected chi connectivity index (χ0v) is 29.3. The van der Waals surface area contributed by atoms with Crippen LogP contribution in [-0.4, -0.2) is 69.0 Å². The standard InChI is InChI=1S/C39H40N6O7/c1-23-27(7-4-8-28(23)39-42-35-36(52-39)25(19-40)21-45(37(35)43-50-3)17-6-11-34(47)48)29-9-5-10-31-30(29)13-14-32(31)51-33-15-12-24(38(41-33)49-2)20-44-18-16-26(46)22-44/h4-5,7-10,12,15,21,26,32,46H,6,11,13-14,16-18,20,22H2,1-3H3,(H,47,48)/b43-37-/t26-,32+/m1/s1. The molecule has 52 heavy (non-hydrogen) atoms. The molecule has 0 radical (unpaired) electrons. The molecular formula is C39H40N6O7. The number of carbonyl (C=O) groups is 1. The van der Waals surface area contributed by atoms with Crippen LogP contribution in [0.15, 0.2) is 64.3 Å². The number of β-amino-alcohol motifs (C(OH)–C–C–N with tert-alkyl or cyclic N) is 1. The number of nitrogens with zero attached hydrogens (tertiary/aromatic N) is 6. The highest BCUT2D eigenvalue weighted by Gasteiger charge is 2.29. The third-order valence-electron chi connectivity index (χ3n) is 9.81. The Kier molecular flexibility index (Phi) is 9.93. The van der Waals surface area contributed by atoms with E-state index in [-0.39, 0.29) is 29.8 Å². The maximum atomic E-state index is 11.1. The number of hydrogen-bond acceptors (Lipinski definition) is 11. The molecule has 13 nitrogen and oxygen atoms in total. The summed E-state index contributed by atoms with van der Waals surface area (Å²) >= 11 is 0. The van der Waals surface area contributed by atoms with Crippen LogP contribution >= 0.6 is 0 Å². The number of likely N-dealkylation sites (tertiary alicyclic amines) is 1. The molecule has 7 rings (SSSR count). The van der Waals surface area contributed by atoms with Crippen molar-refractivity contribution in [2.45, 2.75) is 64.3 Å². The van der Waals surface area contributed by atoms with E-state index in [9.17, 15) is 15.2 Å². The van der Waals surface area contributed by atoms with Crippen molar-refractivity contribution in [1.82, 2.24) is 19.4 Å². The SMILES string of the molecule is CO/N=c1/c2nc(-c3cccc(-c4cccc5c4CC[C@@H]5Oc4ccc(CN5CC[C@@H](O)C5)c(OC)n4)c3C)oc2c(C#N)cn1CCCC(=O)O. The summed E-state index contributed by atoms with van der Waals surface area (Å²) in [6, 6.07) is 18.3. The predicted molar refractivity (Wildman–Crippen MR) is 190 cm³/mol. The Morgan fingerprint density at radius 2 is 1.90 bits per heavy atom. The Balaban J connectivity index is 1.18. The van der Waals surface area contributed by atoms with Crippen LogP contribution in [-0.2, 0) is 29.1 Å². The molecule has 1 saturated heterocycles. The molecule has 1 fully saturated rings. The fourth-order valence-corrected chi connectivity index (χ4v) is 7.32. The van der Waals surface area contributed by atoms with Crippen molar-refractivity contribution in [2.24, 2.45) is 5.16 Å². The van der Waals surface area contributed by atoms with Crippen molar-refractivity contribution >= 4 is 17.1 Å². The number of rotatable bonds is 12. The number of methoxy groups -OCH3 is 1. The van der Waals surface area contributed by atoms with Gasteiger partial charge in [0.2, 0.25) is 23.1 Å². The fourth-order valence-electron chi connectivity index (χ4n) is 7.32. The number of benzene rings is 2. The van der Waals surface area contributed by atoms with Crippen LogP contribution in [0.3, 0.4) is 0 Å². The minimum absolute atomic E-state index is 0.0316. The summed E-state index contributed by atoms with van der Waals surface area (Å²) in [5, 5.41) is 33.2. The Morgan fingerprint density at radius 3 is 2.65 bits per heavy atom. The van der Waals surface area contributed by atoms with Crippen molar-refractivity contribution in [1.29, 1.82) is 5.26 Å². The van der Waals surface area contributed by atoms with Crippen LogP contribution in [0.1, 0.15) is 59.6 Å². The Labute approximate surface area is 300 Å². The van der Waals surface area contributed by atoms with Gasteiger partial charge in [0, 0.05) is 56.0 Å². The van der Waals surface area contributed by atoms with Gasteiger partial charge >= 0.3 is 5.97 Å². The van der Waals surface area contributed by atoms with Gasteiger partial charge < -0.3 is 33.5 Å². The van der Waals surface area contributed by atoms with Crippen LogP contribution in [0.4, 0.5) is 0 Å². The second kappa shape index (κ2) is 14.9. The molecule has 268 valence electrons. The van der Waals surface area contributed by atoms with E-state index in [2.05, 4.69) is 34.3 Å². The maximum absolute atomic E-state index is 11.1. The van der Waals surface area contributed by atoms with E-state index in [1.807, 2.05) is 37.3 Å². The molecule has 1 aliphatic carbocycles. The molecule has 5 aromatic rings. The summed E-state index contributed by atoms with van der Waals surface area (Å²) in [6.07, 6.45) is 3.82. The summed E-state index contributed by atoms with van der Waals surface area (Å²) in [4.78, 5) is 28.0. The van der Waals surface area contributed by atoms with Crippen molar-refractivity contribution in [3.63, 3.8) is 0 Å². The van der Waals surface area contributed by atoms with Gasteiger partial charge in [0.05, 0.1) is 13.2 Å². The largest absolute Gasteiger partial charge is 0.481 e. The number of aliphatic carboxylic acids is 1. The molecule has 2 N–H and O–H groups in total. The normalized spacial score (nSPS) is 17.3. The van der Waals surface area contributed by atoms with Crippen LogP contribution in [0.2, 0.25) is 0 Å².